The number of fused-ring (bicyclic) bond motifs is 1. The van der Waals surface area contributed by atoms with Gasteiger partial charge in [-0.25, -0.2) is 18.7 Å². The number of ether oxygens (including phenoxy) is 1. The van der Waals surface area contributed by atoms with E-state index in [1.54, 1.807) is 6.07 Å². The predicted octanol–water partition coefficient (Wildman–Crippen LogP) is 3.56. The van der Waals surface area contributed by atoms with Gasteiger partial charge in [-0.3, -0.25) is 4.79 Å². The first kappa shape index (κ1) is 23.0. The lowest BCUT2D eigenvalue weighted by Gasteiger charge is -2.34. The third-order valence-electron chi connectivity index (χ3n) is 6.30. The molecule has 0 unspecified atom stereocenters. The molecule has 0 aliphatic carbocycles. The molecule has 2 aromatic carbocycles. The van der Waals surface area contributed by atoms with Crippen molar-refractivity contribution in [3.05, 3.63) is 65.6 Å². The molecule has 3 aromatic rings. The van der Waals surface area contributed by atoms with Crippen LogP contribution < -0.4 is 19.9 Å². The lowest BCUT2D eigenvalue weighted by atomic mass is 10.1. The fourth-order valence-corrected chi connectivity index (χ4v) is 4.53. The molecule has 1 aromatic heterocycles. The standard InChI is InChI=1S/C26H27F2N5O2/c1-16(2)33-9-10-35-26-20(27)12-18(13-22(26)33)25-21(28)14-30-23(31-25)11-17-3-5-19(6-4-17)32-8-7-29-24(34)15-32/h3-6,12-14,16H,7-11,15H2,1-2H3,(H,29,34). The van der Waals surface area contributed by atoms with Gasteiger partial charge in [0.25, 0.3) is 0 Å². The van der Waals surface area contributed by atoms with Crippen LogP contribution in [0.3, 0.4) is 0 Å². The Kier molecular flexibility index (Phi) is 6.23. The number of amides is 1. The lowest BCUT2D eigenvalue weighted by molar-refractivity contribution is -0.120. The lowest BCUT2D eigenvalue weighted by Crippen LogP contribution is -2.47. The molecule has 2 aliphatic rings. The summed E-state index contributed by atoms with van der Waals surface area (Å²) in [6.45, 7) is 6.78. The quantitative estimate of drug-likeness (QED) is 0.604. The van der Waals surface area contributed by atoms with Crippen molar-refractivity contribution in [2.75, 3.05) is 42.6 Å². The Bertz CT molecular complexity index is 1250. The summed E-state index contributed by atoms with van der Waals surface area (Å²) in [5, 5.41) is 2.82. The minimum atomic E-state index is -0.611. The van der Waals surface area contributed by atoms with Crippen LogP contribution in [0.1, 0.15) is 25.2 Å². The summed E-state index contributed by atoms with van der Waals surface area (Å²) >= 11 is 0. The third kappa shape index (κ3) is 4.76. The summed E-state index contributed by atoms with van der Waals surface area (Å²) in [5.41, 5.74) is 2.91. The van der Waals surface area contributed by atoms with Crippen molar-refractivity contribution >= 4 is 17.3 Å². The highest BCUT2D eigenvalue weighted by atomic mass is 19.1. The molecule has 0 radical (unpaired) electrons. The van der Waals surface area contributed by atoms with E-state index in [9.17, 15) is 13.6 Å². The van der Waals surface area contributed by atoms with E-state index >= 15 is 0 Å². The number of nitrogens with zero attached hydrogens (tertiary/aromatic N) is 4. The number of nitrogens with one attached hydrogen (secondary N) is 1. The van der Waals surface area contributed by atoms with Gasteiger partial charge in [-0.05, 0) is 43.7 Å². The molecule has 182 valence electrons. The molecule has 0 atom stereocenters. The van der Waals surface area contributed by atoms with E-state index < -0.39 is 11.6 Å². The first-order valence-corrected chi connectivity index (χ1v) is 11.7. The zero-order chi connectivity index (χ0) is 24.5. The molecule has 1 saturated heterocycles. The second-order valence-corrected chi connectivity index (χ2v) is 9.04. The van der Waals surface area contributed by atoms with Crippen LogP contribution in [-0.4, -0.2) is 54.7 Å². The van der Waals surface area contributed by atoms with Gasteiger partial charge >= 0.3 is 0 Å². The summed E-state index contributed by atoms with van der Waals surface area (Å²) in [6, 6.07) is 10.9. The topological polar surface area (TPSA) is 70.6 Å². The van der Waals surface area contributed by atoms with Crippen LogP contribution in [0, 0.1) is 11.6 Å². The van der Waals surface area contributed by atoms with Crippen molar-refractivity contribution in [2.45, 2.75) is 26.3 Å². The smallest absolute Gasteiger partial charge is 0.239 e. The summed E-state index contributed by atoms with van der Waals surface area (Å²) < 4.78 is 35.2. The van der Waals surface area contributed by atoms with Crippen LogP contribution in [0.5, 0.6) is 5.75 Å². The highest BCUT2D eigenvalue weighted by molar-refractivity contribution is 5.82. The summed E-state index contributed by atoms with van der Waals surface area (Å²) in [5.74, 6) is -0.519. The van der Waals surface area contributed by atoms with Crippen LogP contribution in [0.4, 0.5) is 20.2 Å². The second-order valence-electron chi connectivity index (χ2n) is 9.04. The van der Waals surface area contributed by atoms with Gasteiger partial charge in [0.05, 0.1) is 25.0 Å². The number of rotatable bonds is 5. The second kappa shape index (κ2) is 9.48. The Balaban J connectivity index is 1.40. The number of hydrogen-bond donors (Lipinski definition) is 1. The molecular formula is C26H27F2N5O2. The number of piperazine rings is 1. The molecule has 1 N–H and O–H groups in total. The molecule has 0 saturated carbocycles. The molecule has 9 heteroatoms. The van der Waals surface area contributed by atoms with Gasteiger partial charge in [-0.15, -0.1) is 0 Å². The fourth-order valence-electron chi connectivity index (χ4n) is 4.53. The van der Waals surface area contributed by atoms with E-state index in [1.165, 1.54) is 6.07 Å². The Morgan fingerprint density at radius 1 is 1.11 bits per heavy atom. The number of anilines is 2. The molecule has 2 aliphatic heterocycles. The van der Waals surface area contributed by atoms with Gasteiger partial charge in [0.1, 0.15) is 18.1 Å². The van der Waals surface area contributed by atoms with Crippen molar-refractivity contribution in [1.82, 2.24) is 15.3 Å². The van der Waals surface area contributed by atoms with Crippen molar-refractivity contribution in [1.29, 1.82) is 0 Å². The molecule has 0 bridgehead atoms. The average Bonchev–Trinajstić information content (AvgIpc) is 2.85. The Morgan fingerprint density at radius 3 is 2.66 bits per heavy atom. The Labute approximate surface area is 202 Å². The van der Waals surface area contributed by atoms with Crippen LogP contribution in [0.25, 0.3) is 11.3 Å². The van der Waals surface area contributed by atoms with Crippen LogP contribution >= 0.6 is 0 Å². The largest absolute Gasteiger partial charge is 0.486 e. The first-order valence-electron chi connectivity index (χ1n) is 11.7. The van der Waals surface area contributed by atoms with E-state index in [1.807, 2.05) is 47.9 Å². The molecule has 5 rings (SSSR count). The van der Waals surface area contributed by atoms with Gasteiger partial charge in [0, 0.05) is 36.8 Å². The number of aromatic nitrogens is 2. The average molecular weight is 480 g/mol. The van der Waals surface area contributed by atoms with Crippen LogP contribution in [-0.2, 0) is 11.2 Å². The van der Waals surface area contributed by atoms with E-state index in [0.717, 1.165) is 24.0 Å². The number of carbonyl (C=O) groups is 1. The van der Waals surface area contributed by atoms with Gasteiger partial charge in [0.2, 0.25) is 5.91 Å². The van der Waals surface area contributed by atoms with Gasteiger partial charge in [-0.2, -0.15) is 0 Å². The number of halogens is 2. The van der Waals surface area contributed by atoms with E-state index in [0.29, 0.717) is 49.7 Å². The molecule has 7 nitrogen and oxygen atoms in total. The van der Waals surface area contributed by atoms with Gasteiger partial charge in [0.15, 0.2) is 17.4 Å². The molecular weight excluding hydrogens is 452 g/mol. The van der Waals surface area contributed by atoms with Crippen molar-refractivity contribution < 1.29 is 18.3 Å². The maximum absolute atomic E-state index is 14.9. The van der Waals surface area contributed by atoms with Gasteiger partial charge < -0.3 is 19.9 Å². The number of hydrogen-bond acceptors (Lipinski definition) is 6. The highest BCUT2D eigenvalue weighted by Gasteiger charge is 2.25. The minimum absolute atomic E-state index is 0.00857. The maximum Gasteiger partial charge on any atom is 0.239 e. The van der Waals surface area contributed by atoms with E-state index in [4.69, 9.17) is 4.74 Å². The summed E-state index contributed by atoms with van der Waals surface area (Å²) in [7, 11) is 0. The predicted molar refractivity (Wildman–Crippen MR) is 130 cm³/mol. The van der Waals surface area contributed by atoms with E-state index in [-0.39, 0.29) is 23.4 Å². The maximum atomic E-state index is 14.9. The molecule has 1 amide bonds. The minimum Gasteiger partial charge on any atom is -0.486 e. The van der Waals surface area contributed by atoms with Crippen molar-refractivity contribution in [3.8, 4) is 17.0 Å². The van der Waals surface area contributed by atoms with Crippen LogP contribution in [0.15, 0.2) is 42.6 Å². The Morgan fingerprint density at radius 2 is 1.91 bits per heavy atom. The SMILES string of the molecule is CC(C)N1CCOc2c(F)cc(-c3nc(Cc4ccc(N5CCNC(=O)C5)cc4)ncc3F)cc21. The molecule has 0 spiro atoms. The Hall–Kier alpha value is -3.75. The third-order valence-corrected chi connectivity index (χ3v) is 6.30. The molecule has 35 heavy (non-hydrogen) atoms. The molecule has 1 fully saturated rings. The van der Waals surface area contributed by atoms with Crippen LogP contribution in [0.2, 0.25) is 0 Å². The first-order chi connectivity index (χ1) is 16.9. The normalized spacial score (nSPS) is 15.6. The zero-order valence-corrected chi connectivity index (χ0v) is 19.7. The summed E-state index contributed by atoms with van der Waals surface area (Å²) in [6.07, 6.45) is 1.52. The van der Waals surface area contributed by atoms with Gasteiger partial charge in [-0.1, -0.05) is 12.1 Å². The zero-order valence-electron chi connectivity index (χ0n) is 19.7. The molecule has 3 heterocycles. The van der Waals surface area contributed by atoms with Crippen molar-refractivity contribution in [3.63, 3.8) is 0 Å². The highest BCUT2D eigenvalue weighted by Crippen LogP contribution is 2.39. The summed E-state index contributed by atoms with van der Waals surface area (Å²) in [4.78, 5) is 24.3. The van der Waals surface area contributed by atoms with E-state index in [2.05, 4.69) is 15.3 Å². The number of benzene rings is 2. The van der Waals surface area contributed by atoms with Crippen molar-refractivity contribution in [2.24, 2.45) is 0 Å². The number of carbonyl (C=O) groups excluding carboxylic acids is 1. The fraction of sp³-hybridized carbons (Fsp3) is 0.346. The monoisotopic (exact) mass is 479 g/mol.